The van der Waals surface area contributed by atoms with Gasteiger partial charge < -0.3 is 14.9 Å². The summed E-state index contributed by atoms with van der Waals surface area (Å²) in [5.74, 6) is 0. The van der Waals surface area contributed by atoms with Gasteiger partial charge in [-0.2, -0.15) is 0 Å². The Bertz CT molecular complexity index is 228. The third kappa shape index (κ3) is 0.847. The highest BCUT2D eigenvalue weighted by molar-refractivity contribution is 7.53. The van der Waals surface area contributed by atoms with Crippen molar-refractivity contribution in [3.05, 3.63) is 11.6 Å². The van der Waals surface area contributed by atoms with Crippen LogP contribution in [0.25, 0.3) is 0 Å². The molecule has 0 bridgehead atoms. The third-order valence-electron chi connectivity index (χ3n) is 1.81. The minimum atomic E-state index is -4.35. The molecule has 4 nitrogen and oxygen atoms in total. The molecule has 1 atom stereocenters. The molecule has 5 heteroatoms. The second-order valence-electron chi connectivity index (χ2n) is 2.45. The number of hydrogen-bond donors (Lipinski definition) is 3. The Morgan fingerprint density at radius 1 is 1.70 bits per heavy atom. The molecule has 0 aromatic carbocycles. The van der Waals surface area contributed by atoms with Gasteiger partial charge >= 0.3 is 7.60 Å². The molecule has 0 heterocycles. The first-order chi connectivity index (χ1) is 4.38. The first-order valence-corrected chi connectivity index (χ1v) is 4.44. The SMILES string of the molecule is CC1=CCC1(O)P(=O)(O)O. The molecule has 0 saturated carbocycles. The highest BCUT2D eigenvalue weighted by Gasteiger charge is 2.50. The molecule has 1 unspecified atom stereocenters. The first kappa shape index (κ1) is 7.95. The van der Waals surface area contributed by atoms with Gasteiger partial charge in [0.15, 0.2) is 5.34 Å². The monoisotopic (exact) mass is 164 g/mol. The predicted molar refractivity (Wildman–Crippen MR) is 35.4 cm³/mol. The molecule has 0 fully saturated rings. The zero-order valence-electron chi connectivity index (χ0n) is 5.48. The Balaban J connectivity index is 2.95. The van der Waals surface area contributed by atoms with Gasteiger partial charge in [-0.25, -0.2) is 0 Å². The van der Waals surface area contributed by atoms with Crippen LogP contribution in [0.3, 0.4) is 0 Å². The molecule has 0 aromatic rings. The Hall–Kier alpha value is -0.150. The summed E-state index contributed by atoms with van der Waals surface area (Å²) < 4.78 is 10.5. The summed E-state index contributed by atoms with van der Waals surface area (Å²) in [7, 11) is -4.35. The van der Waals surface area contributed by atoms with Crippen molar-refractivity contribution in [2.24, 2.45) is 0 Å². The van der Waals surface area contributed by atoms with E-state index in [1.165, 1.54) is 6.92 Å². The maximum Gasteiger partial charge on any atom is 0.361 e. The van der Waals surface area contributed by atoms with Crippen LogP contribution >= 0.6 is 7.60 Å². The van der Waals surface area contributed by atoms with Gasteiger partial charge in [0.2, 0.25) is 0 Å². The van der Waals surface area contributed by atoms with E-state index in [1.807, 2.05) is 0 Å². The van der Waals surface area contributed by atoms with E-state index >= 15 is 0 Å². The molecule has 10 heavy (non-hydrogen) atoms. The van der Waals surface area contributed by atoms with E-state index in [0.717, 1.165) is 0 Å². The van der Waals surface area contributed by atoms with E-state index < -0.39 is 12.9 Å². The van der Waals surface area contributed by atoms with Gasteiger partial charge in [-0.1, -0.05) is 6.08 Å². The van der Waals surface area contributed by atoms with E-state index in [1.54, 1.807) is 6.08 Å². The lowest BCUT2D eigenvalue weighted by molar-refractivity contribution is 0.110. The summed E-state index contributed by atoms with van der Waals surface area (Å²) in [5.41, 5.74) is 0.362. The van der Waals surface area contributed by atoms with Crippen molar-refractivity contribution < 1.29 is 19.5 Å². The summed E-state index contributed by atoms with van der Waals surface area (Å²) in [6.07, 6.45) is 1.65. The Morgan fingerprint density at radius 3 is 2.20 bits per heavy atom. The van der Waals surface area contributed by atoms with Crippen molar-refractivity contribution in [2.75, 3.05) is 0 Å². The topological polar surface area (TPSA) is 77.8 Å². The molecule has 0 radical (unpaired) electrons. The van der Waals surface area contributed by atoms with E-state index in [-0.39, 0.29) is 6.42 Å². The third-order valence-corrected chi connectivity index (χ3v) is 3.31. The average Bonchev–Trinajstić information content (AvgIpc) is 1.80. The second kappa shape index (κ2) is 1.92. The standard InChI is InChI=1S/C5H9O4P/c1-4-2-3-5(4,6)10(7,8)9/h2,6H,3H2,1H3,(H2,7,8,9). The van der Waals surface area contributed by atoms with Gasteiger partial charge in [-0.15, -0.1) is 0 Å². The predicted octanol–water partition coefficient (Wildman–Crippen LogP) is 0.203. The quantitative estimate of drug-likeness (QED) is 0.382. The maximum absolute atomic E-state index is 10.5. The van der Waals surface area contributed by atoms with Gasteiger partial charge in [-0.05, 0) is 12.5 Å². The number of aliphatic hydroxyl groups is 1. The second-order valence-corrected chi connectivity index (χ2v) is 4.28. The molecule has 0 aromatic heterocycles. The molecule has 0 aliphatic heterocycles. The molecule has 1 aliphatic carbocycles. The van der Waals surface area contributed by atoms with Crippen LogP contribution in [0, 0.1) is 0 Å². The van der Waals surface area contributed by atoms with Crippen molar-refractivity contribution >= 4 is 7.60 Å². The molecular weight excluding hydrogens is 155 g/mol. The molecule has 0 saturated heterocycles. The summed E-state index contributed by atoms with van der Waals surface area (Å²) >= 11 is 0. The van der Waals surface area contributed by atoms with Gasteiger partial charge in [-0.3, -0.25) is 4.57 Å². The Labute approximate surface area is 58.3 Å². The smallest absolute Gasteiger partial charge is 0.361 e. The lowest BCUT2D eigenvalue weighted by atomic mass is 9.96. The summed E-state index contributed by atoms with van der Waals surface area (Å²) in [5, 5.41) is 7.33. The average molecular weight is 164 g/mol. The summed E-state index contributed by atoms with van der Waals surface area (Å²) in [6.45, 7) is 1.50. The van der Waals surface area contributed by atoms with Crippen molar-refractivity contribution in [3.63, 3.8) is 0 Å². The van der Waals surface area contributed by atoms with Crippen molar-refractivity contribution in [3.8, 4) is 0 Å². The van der Waals surface area contributed by atoms with Crippen LogP contribution < -0.4 is 0 Å². The zero-order valence-corrected chi connectivity index (χ0v) is 6.38. The highest BCUT2D eigenvalue weighted by atomic mass is 31.2. The van der Waals surface area contributed by atoms with Crippen LogP contribution in [0.5, 0.6) is 0 Å². The molecule has 58 valence electrons. The fraction of sp³-hybridized carbons (Fsp3) is 0.600. The lowest BCUT2D eigenvalue weighted by Gasteiger charge is -2.35. The fourth-order valence-corrected chi connectivity index (χ4v) is 1.72. The van der Waals surface area contributed by atoms with Crippen molar-refractivity contribution in [1.82, 2.24) is 0 Å². The van der Waals surface area contributed by atoms with Gasteiger partial charge in [0, 0.05) is 6.42 Å². The molecular formula is C5H9O4P. The number of hydrogen-bond acceptors (Lipinski definition) is 2. The largest absolute Gasteiger partial charge is 0.373 e. The van der Waals surface area contributed by atoms with E-state index in [2.05, 4.69) is 0 Å². The molecule has 3 N–H and O–H groups in total. The Morgan fingerprint density at radius 2 is 2.20 bits per heavy atom. The van der Waals surface area contributed by atoms with Crippen LogP contribution in [0.15, 0.2) is 11.6 Å². The van der Waals surface area contributed by atoms with E-state index in [9.17, 15) is 9.67 Å². The van der Waals surface area contributed by atoms with Crippen LogP contribution in [-0.4, -0.2) is 20.2 Å². The van der Waals surface area contributed by atoms with Gasteiger partial charge in [0.25, 0.3) is 0 Å². The molecule has 0 amide bonds. The normalized spacial score (nSPS) is 33.0. The molecule has 0 spiro atoms. The minimum absolute atomic E-state index is 0.0586. The van der Waals surface area contributed by atoms with Gasteiger partial charge in [0.05, 0.1) is 0 Å². The van der Waals surface area contributed by atoms with E-state index in [0.29, 0.717) is 5.57 Å². The van der Waals surface area contributed by atoms with Crippen LogP contribution in [0.2, 0.25) is 0 Å². The highest BCUT2D eigenvalue weighted by Crippen LogP contribution is 2.58. The summed E-state index contributed by atoms with van der Waals surface area (Å²) in [4.78, 5) is 17.2. The maximum atomic E-state index is 10.5. The molecule has 1 aliphatic rings. The first-order valence-electron chi connectivity index (χ1n) is 2.83. The lowest BCUT2D eigenvalue weighted by Crippen LogP contribution is -2.35. The van der Waals surface area contributed by atoms with Gasteiger partial charge in [0.1, 0.15) is 0 Å². The fourth-order valence-electron chi connectivity index (χ4n) is 0.837. The zero-order chi connectivity index (χ0) is 7.99. The van der Waals surface area contributed by atoms with Crippen LogP contribution in [0.4, 0.5) is 0 Å². The summed E-state index contributed by atoms with van der Waals surface area (Å²) in [6, 6.07) is 0. The Kier molecular flexibility index (Phi) is 1.53. The minimum Gasteiger partial charge on any atom is -0.373 e. The van der Waals surface area contributed by atoms with Crippen molar-refractivity contribution in [2.45, 2.75) is 18.7 Å². The van der Waals surface area contributed by atoms with Crippen LogP contribution in [-0.2, 0) is 4.57 Å². The number of rotatable bonds is 1. The van der Waals surface area contributed by atoms with Crippen molar-refractivity contribution in [1.29, 1.82) is 0 Å². The molecule has 1 rings (SSSR count). The van der Waals surface area contributed by atoms with E-state index in [4.69, 9.17) is 9.79 Å². The van der Waals surface area contributed by atoms with Crippen LogP contribution in [0.1, 0.15) is 13.3 Å².